The Balaban J connectivity index is 1.75. The lowest BCUT2D eigenvalue weighted by Crippen LogP contribution is -2.35. The Labute approximate surface area is 149 Å². The van der Waals surface area contributed by atoms with Gasteiger partial charge in [0.25, 0.3) is 5.91 Å². The predicted octanol–water partition coefficient (Wildman–Crippen LogP) is 1.74. The molecule has 3 rings (SSSR count). The number of hydrogen-bond donors (Lipinski definition) is 1. The topological polar surface area (TPSA) is 94.6 Å². The van der Waals surface area contributed by atoms with Crippen LogP contribution < -0.4 is 14.8 Å². The number of carbonyl (C=O) groups excluding carboxylic acids is 1. The van der Waals surface area contributed by atoms with Gasteiger partial charge in [0, 0.05) is 17.0 Å². The highest BCUT2D eigenvalue weighted by Crippen LogP contribution is 2.33. The Bertz CT molecular complexity index is 892. The second-order valence-electron chi connectivity index (χ2n) is 5.68. The average Bonchev–Trinajstić information content (AvgIpc) is 3.21. The van der Waals surface area contributed by atoms with E-state index in [0.29, 0.717) is 22.9 Å². The number of carbonyl (C=O) groups is 1. The maximum atomic E-state index is 12.3. The summed E-state index contributed by atoms with van der Waals surface area (Å²) in [6.07, 6.45) is 0.445. The summed E-state index contributed by atoms with van der Waals surface area (Å²) in [5.41, 5.74) is 1.09. The Morgan fingerprint density at radius 3 is 2.68 bits per heavy atom. The number of thiazole rings is 1. The van der Waals surface area contributed by atoms with E-state index in [1.807, 2.05) is 6.07 Å². The van der Waals surface area contributed by atoms with E-state index in [9.17, 15) is 13.2 Å². The molecule has 1 aromatic carbocycles. The fraction of sp³-hybridized carbons (Fsp3) is 0.375. The van der Waals surface area contributed by atoms with Crippen molar-refractivity contribution in [1.29, 1.82) is 0 Å². The standard InChI is InChI=1S/C16H18N2O5S2/c1-22-13-4-3-10(7-14(13)23-2)16-18-12(8-24-16)15(19)17-11-5-6-25(20,21)9-11/h3-4,7-8,11H,5-6,9H2,1-2H3,(H,17,19)/t11-/m1/s1. The molecular formula is C16H18N2O5S2. The minimum absolute atomic E-state index is 0.00852. The zero-order valence-electron chi connectivity index (χ0n) is 13.8. The van der Waals surface area contributed by atoms with Crippen LogP contribution in [0.3, 0.4) is 0 Å². The third kappa shape index (κ3) is 3.93. The summed E-state index contributed by atoms with van der Waals surface area (Å²) in [5.74, 6) is 0.947. The molecule has 0 spiro atoms. The Hall–Kier alpha value is -2.13. The van der Waals surface area contributed by atoms with Crippen LogP contribution in [0.25, 0.3) is 10.6 Å². The highest BCUT2D eigenvalue weighted by molar-refractivity contribution is 7.91. The first-order valence-corrected chi connectivity index (χ1v) is 10.3. The SMILES string of the molecule is COc1ccc(-c2nc(C(=O)N[C@@H]3CCS(=O)(=O)C3)cs2)cc1OC. The van der Waals surface area contributed by atoms with Crippen molar-refractivity contribution in [3.8, 4) is 22.1 Å². The van der Waals surface area contributed by atoms with E-state index >= 15 is 0 Å². The summed E-state index contributed by atoms with van der Waals surface area (Å²) >= 11 is 1.33. The molecule has 134 valence electrons. The lowest BCUT2D eigenvalue weighted by Gasteiger charge is -2.09. The molecule has 0 bridgehead atoms. The molecule has 1 aliphatic rings. The van der Waals surface area contributed by atoms with Gasteiger partial charge in [-0.3, -0.25) is 4.79 Å². The number of amides is 1. The summed E-state index contributed by atoms with van der Waals surface area (Å²) in [6.45, 7) is 0. The number of ether oxygens (including phenoxy) is 2. The number of benzene rings is 1. The van der Waals surface area contributed by atoms with Crippen molar-refractivity contribution in [2.75, 3.05) is 25.7 Å². The third-order valence-corrected chi connectivity index (χ3v) is 6.59. The van der Waals surface area contributed by atoms with Gasteiger partial charge in [-0.2, -0.15) is 0 Å². The predicted molar refractivity (Wildman–Crippen MR) is 95.2 cm³/mol. The number of sulfone groups is 1. The van der Waals surface area contributed by atoms with Gasteiger partial charge in [-0.15, -0.1) is 11.3 Å². The molecule has 0 radical (unpaired) electrons. The molecule has 1 amide bonds. The van der Waals surface area contributed by atoms with Crippen molar-refractivity contribution in [1.82, 2.24) is 10.3 Å². The van der Waals surface area contributed by atoms with Crippen molar-refractivity contribution in [3.63, 3.8) is 0 Å². The fourth-order valence-electron chi connectivity index (χ4n) is 2.65. The van der Waals surface area contributed by atoms with E-state index in [0.717, 1.165) is 5.56 Å². The van der Waals surface area contributed by atoms with Crippen LogP contribution in [0.5, 0.6) is 11.5 Å². The molecule has 0 saturated carbocycles. The largest absolute Gasteiger partial charge is 0.493 e. The van der Waals surface area contributed by atoms with Gasteiger partial charge >= 0.3 is 0 Å². The van der Waals surface area contributed by atoms with Gasteiger partial charge in [0.1, 0.15) is 10.7 Å². The number of aromatic nitrogens is 1. The molecule has 2 aromatic rings. The smallest absolute Gasteiger partial charge is 0.271 e. The van der Waals surface area contributed by atoms with Gasteiger partial charge in [0.2, 0.25) is 0 Å². The zero-order valence-corrected chi connectivity index (χ0v) is 15.4. The second kappa shape index (κ2) is 7.01. The maximum Gasteiger partial charge on any atom is 0.271 e. The molecule has 1 atom stereocenters. The van der Waals surface area contributed by atoms with E-state index in [-0.39, 0.29) is 29.1 Å². The molecule has 9 heteroatoms. The molecule has 0 aliphatic carbocycles. The van der Waals surface area contributed by atoms with E-state index in [2.05, 4.69) is 10.3 Å². The third-order valence-electron chi connectivity index (χ3n) is 3.93. The highest BCUT2D eigenvalue weighted by Gasteiger charge is 2.29. The molecule has 1 saturated heterocycles. The molecule has 0 unspecified atom stereocenters. The first-order chi connectivity index (χ1) is 11.9. The lowest BCUT2D eigenvalue weighted by molar-refractivity contribution is 0.0937. The normalized spacial score (nSPS) is 18.7. The summed E-state index contributed by atoms with van der Waals surface area (Å²) in [5, 5.41) is 5.07. The molecule has 1 fully saturated rings. The number of nitrogens with one attached hydrogen (secondary N) is 1. The zero-order chi connectivity index (χ0) is 18.0. The number of hydrogen-bond acceptors (Lipinski definition) is 7. The van der Waals surface area contributed by atoms with Crippen molar-refractivity contribution in [2.45, 2.75) is 12.5 Å². The molecular weight excluding hydrogens is 364 g/mol. The van der Waals surface area contributed by atoms with E-state index in [4.69, 9.17) is 9.47 Å². The van der Waals surface area contributed by atoms with Crippen molar-refractivity contribution < 1.29 is 22.7 Å². The minimum Gasteiger partial charge on any atom is -0.493 e. The lowest BCUT2D eigenvalue weighted by atomic mass is 10.2. The average molecular weight is 382 g/mol. The van der Waals surface area contributed by atoms with Gasteiger partial charge in [0.05, 0.1) is 25.7 Å². The van der Waals surface area contributed by atoms with Crippen LogP contribution in [0.15, 0.2) is 23.6 Å². The van der Waals surface area contributed by atoms with E-state index < -0.39 is 9.84 Å². The Morgan fingerprint density at radius 1 is 1.28 bits per heavy atom. The van der Waals surface area contributed by atoms with Crippen LogP contribution in [0.2, 0.25) is 0 Å². The van der Waals surface area contributed by atoms with E-state index in [1.165, 1.54) is 11.3 Å². The van der Waals surface area contributed by atoms with Gasteiger partial charge in [-0.1, -0.05) is 0 Å². The van der Waals surface area contributed by atoms with Crippen LogP contribution in [-0.2, 0) is 9.84 Å². The minimum atomic E-state index is -3.03. The van der Waals surface area contributed by atoms with Crippen molar-refractivity contribution >= 4 is 27.1 Å². The first kappa shape index (κ1) is 17.7. The van der Waals surface area contributed by atoms with Gasteiger partial charge in [-0.05, 0) is 24.6 Å². The van der Waals surface area contributed by atoms with E-state index in [1.54, 1.807) is 31.7 Å². The monoisotopic (exact) mass is 382 g/mol. The molecule has 2 heterocycles. The summed E-state index contributed by atoms with van der Waals surface area (Å²) < 4.78 is 33.4. The fourth-order valence-corrected chi connectivity index (χ4v) is 5.12. The Morgan fingerprint density at radius 2 is 2.04 bits per heavy atom. The molecule has 25 heavy (non-hydrogen) atoms. The van der Waals surface area contributed by atoms with Crippen molar-refractivity contribution in [3.05, 3.63) is 29.3 Å². The Kier molecular flexibility index (Phi) is 4.96. The van der Waals surface area contributed by atoms with Crippen LogP contribution in [-0.4, -0.2) is 51.1 Å². The van der Waals surface area contributed by atoms with Crippen LogP contribution >= 0.6 is 11.3 Å². The first-order valence-electron chi connectivity index (χ1n) is 7.61. The molecule has 7 nitrogen and oxygen atoms in total. The molecule has 1 N–H and O–H groups in total. The summed E-state index contributed by atoms with van der Waals surface area (Å²) in [6, 6.07) is 5.07. The van der Waals surface area contributed by atoms with Crippen LogP contribution in [0.1, 0.15) is 16.9 Å². The number of methoxy groups -OCH3 is 2. The van der Waals surface area contributed by atoms with Gasteiger partial charge in [-0.25, -0.2) is 13.4 Å². The summed E-state index contributed by atoms with van der Waals surface area (Å²) in [4.78, 5) is 16.6. The molecule has 1 aliphatic heterocycles. The quantitative estimate of drug-likeness (QED) is 0.847. The highest BCUT2D eigenvalue weighted by atomic mass is 32.2. The number of rotatable bonds is 5. The maximum absolute atomic E-state index is 12.3. The van der Waals surface area contributed by atoms with Crippen molar-refractivity contribution in [2.24, 2.45) is 0 Å². The second-order valence-corrected chi connectivity index (χ2v) is 8.77. The van der Waals surface area contributed by atoms with Gasteiger partial charge in [0.15, 0.2) is 21.3 Å². The van der Waals surface area contributed by atoms with Crippen LogP contribution in [0, 0.1) is 0 Å². The van der Waals surface area contributed by atoms with Crippen LogP contribution in [0.4, 0.5) is 0 Å². The van der Waals surface area contributed by atoms with Gasteiger partial charge < -0.3 is 14.8 Å². The molecule has 1 aromatic heterocycles. The number of nitrogens with zero attached hydrogens (tertiary/aromatic N) is 1. The summed E-state index contributed by atoms with van der Waals surface area (Å²) in [7, 11) is 0.0820.